The molecule has 8 nitrogen and oxygen atoms in total. The Morgan fingerprint density at radius 2 is 1.00 bits per heavy atom. The molecule has 8 N–H and O–H groups in total. The molecule has 0 aliphatic carbocycles. The average Bonchev–Trinajstić information content (AvgIpc) is 1.50. The number of rotatable bonds is 0. The zero-order chi connectivity index (χ0) is 11.7. The number of hydrogen-bond donors (Lipinski definition) is 6. The molecule has 0 rings (SSSR count). The monoisotopic (exact) mass is 315 g/mol. The summed E-state index contributed by atoms with van der Waals surface area (Å²) in [6.07, 6.45) is 0. The van der Waals surface area contributed by atoms with Gasteiger partial charge in [-0.25, -0.2) is 0 Å². The predicted octanol–water partition coefficient (Wildman–Crippen LogP) is -1.08. The van der Waals surface area contributed by atoms with Crippen LogP contribution in [0.5, 0.6) is 0 Å². The van der Waals surface area contributed by atoms with Gasteiger partial charge in [-0.3, -0.25) is 9.11 Å². The quantitative estimate of drug-likeness (QED) is 0.184. The Hall–Kier alpha value is -0.231. The Balaban J connectivity index is -0.0000000522. The summed E-state index contributed by atoms with van der Waals surface area (Å²) in [6.45, 7) is 0. The number of aliphatic hydroxyl groups is 2. The van der Waals surface area contributed by atoms with Crippen LogP contribution in [0.25, 0.3) is 0 Å². The van der Waals surface area contributed by atoms with Crippen molar-refractivity contribution < 1.29 is 44.8 Å². The van der Waals surface area contributed by atoms with E-state index in [0.29, 0.717) is 0 Å². The van der Waals surface area contributed by atoms with Crippen molar-refractivity contribution in [2.45, 2.75) is 0 Å². The standard InChI is InChI=1S/2CH3NOS.Cu.H2O4S/c2*2-1(3)4;;1-5(2,3)4/h2*(H3,2,3,4);;(H2,1,2,3,4). The van der Waals surface area contributed by atoms with Gasteiger partial charge in [-0.05, 0) is 24.4 Å². The van der Waals surface area contributed by atoms with E-state index < -0.39 is 20.7 Å². The maximum atomic E-state index is 8.74. The predicted molar refractivity (Wildman–Crippen MR) is 53.0 cm³/mol. The normalized spacial score (nSPS) is 7.57. The van der Waals surface area contributed by atoms with Crippen LogP contribution in [-0.2, 0) is 27.5 Å². The van der Waals surface area contributed by atoms with Crippen molar-refractivity contribution in [1.29, 1.82) is 0 Å². The van der Waals surface area contributed by atoms with Crippen molar-refractivity contribution in [2.75, 3.05) is 0 Å². The molecule has 0 aromatic carbocycles. The molecule has 0 heterocycles. The van der Waals surface area contributed by atoms with Gasteiger partial charge >= 0.3 is 10.4 Å². The third-order valence-electron chi connectivity index (χ3n) is 0. The first-order valence-electron chi connectivity index (χ1n) is 2.13. The second kappa shape index (κ2) is 12.8. The molecular weight excluding hydrogens is 308 g/mol. The van der Waals surface area contributed by atoms with Gasteiger partial charge in [-0.2, -0.15) is 8.42 Å². The second-order valence-electron chi connectivity index (χ2n) is 1.12. The molecule has 0 amide bonds. The van der Waals surface area contributed by atoms with Crippen LogP contribution in [-0.4, -0.2) is 38.1 Å². The Morgan fingerprint density at radius 1 is 1.00 bits per heavy atom. The smallest absolute Gasteiger partial charge is 0.394 e. The fraction of sp³-hybridized carbons (Fsp3) is 0. The summed E-state index contributed by atoms with van der Waals surface area (Å²) in [4.78, 5) is 0. The summed E-state index contributed by atoms with van der Waals surface area (Å²) in [5.41, 5.74) is 8.80. The third kappa shape index (κ3) is 25700. The summed E-state index contributed by atoms with van der Waals surface area (Å²) in [5.74, 6) is 0. The molecule has 91 valence electrons. The van der Waals surface area contributed by atoms with E-state index in [-0.39, 0.29) is 17.1 Å². The number of thiocarbonyl (C=S) groups is 2. The van der Waals surface area contributed by atoms with Crippen LogP contribution >= 0.6 is 24.4 Å². The first kappa shape index (κ1) is 23.5. The van der Waals surface area contributed by atoms with E-state index >= 15 is 0 Å². The van der Waals surface area contributed by atoms with E-state index in [1.165, 1.54) is 0 Å². The van der Waals surface area contributed by atoms with Crippen LogP contribution in [0.3, 0.4) is 0 Å². The summed E-state index contributed by atoms with van der Waals surface area (Å²) in [5, 5.41) is 14.1. The summed E-state index contributed by atoms with van der Waals surface area (Å²) in [6, 6.07) is 0. The van der Waals surface area contributed by atoms with Gasteiger partial charge in [-0.1, -0.05) is 0 Å². The number of hydrogen-bond acceptors (Lipinski definition) is 4. The van der Waals surface area contributed by atoms with Crippen LogP contribution < -0.4 is 11.5 Å². The van der Waals surface area contributed by atoms with Gasteiger partial charge in [-0.15, -0.1) is 0 Å². The molecule has 12 heteroatoms. The largest absolute Gasteiger partial charge is 0.487 e. The third-order valence-corrected chi connectivity index (χ3v) is 0. The minimum atomic E-state index is -4.67. The fourth-order valence-electron chi connectivity index (χ4n) is 0. The molecule has 0 saturated carbocycles. The molecule has 0 saturated heterocycles. The van der Waals surface area contributed by atoms with Gasteiger partial charge in [0.1, 0.15) is 0 Å². The summed E-state index contributed by atoms with van der Waals surface area (Å²) >= 11 is 7.74. The number of nitrogens with two attached hydrogens (primary N) is 2. The van der Waals surface area contributed by atoms with Gasteiger partial charge in [0.15, 0.2) is 0 Å². The molecule has 0 unspecified atom stereocenters. The molecule has 0 aliphatic heterocycles. The summed E-state index contributed by atoms with van der Waals surface area (Å²) in [7, 11) is -4.67. The first-order chi connectivity index (χ1) is 5.46. The molecule has 0 spiro atoms. The first-order valence-corrected chi connectivity index (χ1v) is 4.34. The zero-order valence-electron chi connectivity index (χ0n) is 6.29. The van der Waals surface area contributed by atoms with E-state index in [0.717, 1.165) is 0 Å². The van der Waals surface area contributed by atoms with E-state index in [2.05, 4.69) is 35.9 Å². The van der Waals surface area contributed by atoms with Crippen molar-refractivity contribution in [2.24, 2.45) is 11.5 Å². The van der Waals surface area contributed by atoms with Gasteiger partial charge in [0.05, 0.1) is 0 Å². The van der Waals surface area contributed by atoms with Gasteiger partial charge < -0.3 is 21.7 Å². The van der Waals surface area contributed by atoms with E-state index in [1.807, 2.05) is 0 Å². The Kier molecular flexibility index (Phi) is 21.5. The SMILES string of the molecule is NC(O)=S.NC(O)=S.O=S(=O)(O)O.[Cu]. The van der Waals surface area contributed by atoms with Gasteiger partial charge in [0, 0.05) is 17.1 Å². The Bertz CT molecular complexity index is 224. The van der Waals surface area contributed by atoms with Gasteiger partial charge in [0.2, 0.25) is 0 Å². The Morgan fingerprint density at radius 3 is 1.00 bits per heavy atom. The molecule has 0 atom stereocenters. The van der Waals surface area contributed by atoms with Crippen molar-refractivity contribution >= 4 is 45.2 Å². The average molecular weight is 316 g/mol. The van der Waals surface area contributed by atoms with Gasteiger partial charge in [0.25, 0.3) is 10.3 Å². The van der Waals surface area contributed by atoms with E-state index in [4.69, 9.17) is 27.7 Å². The Labute approximate surface area is 101 Å². The number of aliphatic hydroxyl groups excluding tert-OH is 2. The molecule has 0 aliphatic rings. The molecular formula is C2H8CuN2O6S3. The topological polar surface area (TPSA) is 167 Å². The minimum Gasteiger partial charge on any atom is -0.487 e. The molecule has 0 aromatic rings. The molecule has 14 heavy (non-hydrogen) atoms. The second-order valence-corrected chi connectivity index (χ2v) is 2.86. The molecule has 0 aromatic heterocycles. The van der Waals surface area contributed by atoms with E-state index in [1.54, 1.807) is 0 Å². The maximum absolute atomic E-state index is 8.74. The van der Waals surface area contributed by atoms with E-state index in [9.17, 15) is 0 Å². The van der Waals surface area contributed by atoms with Crippen molar-refractivity contribution in [1.82, 2.24) is 0 Å². The minimum absolute atomic E-state index is 0. The van der Waals surface area contributed by atoms with Crippen LogP contribution in [0.1, 0.15) is 0 Å². The molecule has 0 fully saturated rings. The van der Waals surface area contributed by atoms with Crippen LogP contribution in [0, 0.1) is 0 Å². The zero-order valence-corrected chi connectivity index (χ0v) is 9.68. The molecule has 1 radical (unpaired) electrons. The van der Waals surface area contributed by atoms with Crippen molar-refractivity contribution in [3.63, 3.8) is 0 Å². The maximum Gasteiger partial charge on any atom is 0.394 e. The van der Waals surface area contributed by atoms with Crippen LogP contribution in [0.4, 0.5) is 0 Å². The van der Waals surface area contributed by atoms with Crippen LogP contribution in [0.2, 0.25) is 0 Å². The molecule has 0 bridgehead atoms. The van der Waals surface area contributed by atoms with Crippen molar-refractivity contribution in [3.05, 3.63) is 0 Å². The summed E-state index contributed by atoms with van der Waals surface area (Å²) < 4.78 is 31.6. The van der Waals surface area contributed by atoms with Crippen LogP contribution in [0.15, 0.2) is 0 Å². The fourth-order valence-corrected chi connectivity index (χ4v) is 0. The van der Waals surface area contributed by atoms with Crippen molar-refractivity contribution in [3.8, 4) is 0 Å².